The first-order chi connectivity index (χ1) is 10.3. The van der Waals surface area contributed by atoms with E-state index in [9.17, 15) is 0 Å². The SMILES string of the molecule is ClCCN1CCCN(Cc2ccc3ncccc3c2)CC1. The highest BCUT2D eigenvalue weighted by atomic mass is 35.5. The summed E-state index contributed by atoms with van der Waals surface area (Å²) in [7, 11) is 0. The van der Waals surface area contributed by atoms with Crippen LogP contribution in [0.5, 0.6) is 0 Å². The molecular formula is C17H22ClN3. The lowest BCUT2D eigenvalue weighted by molar-refractivity contribution is 0.258. The van der Waals surface area contributed by atoms with Crippen molar-refractivity contribution >= 4 is 22.5 Å². The number of nitrogens with zero attached hydrogens (tertiary/aromatic N) is 3. The molecule has 1 saturated heterocycles. The van der Waals surface area contributed by atoms with Crippen molar-refractivity contribution in [1.82, 2.24) is 14.8 Å². The number of alkyl halides is 1. The van der Waals surface area contributed by atoms with E-state index >= 15 is 0 Å². The Balaban J connectivity index is 1.64. The molecule has 3 nitrogen and oxygen atoms in total. The van der Waals surface area contributed by atoms with E-state index < -0.39 is 0 Å². The molecule has 0 bridgehead atoms. The summed E-state index contributed by atoms with van der Waals surface area (Å²) in [5, 5.41) is 1.23. The van der Waals surface area contributed by atoms with E-state index in [-0.39, 0.29) is 0 Å². The minimum Gasteiger partial charge on any atom is -0.301 e. The number of benzene rings is 1. The Morgan fingerprint density at radius 2 is 1.90 bits per heavy atom. The zero-order chi connectivity index (χ0) is 14.5. The monoisotopic (exact) mass is 303 g/mol. The second kappa shape index (κ2) is 7.21. The van der Waals surface area contributed by atoms with Crippen LogP contribution in [0.15, 0.2) is 36.5 Å². The highest BCUT2D eigenvalue weighted by Gasteiger charge is 2.14. The number of halogens is 1. The van der Waals surface area contributed by atoms with Gasteiger partial charge in [-0.15, -0.1) is 11.6 Å². The highest BCUT2D eigenvalue weighted by molar-refractivity contribution is 6.18. The molecule has 0 aliphatic carbocycles. The topological polar surface area (TPSA) is 19.4 Å². The Morgan fingerprint density at radius 1 is 1.05 bits per heavy atom. The third kappa shape index (κ3) is 3.94. The number of rotatable bonds is 4. The molecule has 21 heavy (non-hydrogen) atoms. The maximum Gasteiger partial charge on any atom is 0.0702 e. The van der Waals surface area contributed by atoms with E-state index in [1.807, 2.05) is 12.3 Å². The largest absolute Gasteiger partial charge is 0.301 e. The molecule has 4 heteroatoms. The van der Waals surface area contributed by atoms with Crippen molar-refractivity contribution in [3.05, 3.63) is 42.1 Å². The Kier molecular flexibility index (Phi) is 5.07. The Hall–Kier alpha value is -1.16. The lowest BCUT2D eigenvalue weighted by Crippen LogP contribution is -2.31. The van der Waals surface area contributed by atoms with Gasteiger partial charge in [-0.05, 0) is 43.3 Å². The predicted octanol–water partition coefficient (Wildman–Crippen LogP) is 2.98. The lowest BCUT2D eigenvalue weighted by Gasteiger charge is -2.21. The van der Waals surface area contributed by atoms with Crippen molar-refractivity contribution in [2.45, 2.75) is 13.0 Å². The molecule has 1 aliphatic rings. The standard InChI is InChI=1S/C17H22ClN3/c18-6-10-20-8-2-9-21(12-11-20)14-15-4-5-17-16(13-15)3-1-7-19-17/h1,3-5,7,13H,2,6,8-12,14H2. The van der Waals surface area contributed by atoms with E-state index in [1.54, 1.807) is 0 Å². The van der Waals surface area contributed by atoms with Crippen LogP contribution in [-0.2, 0) is 6.54 Å². The number of pyridine rings is 1. The zero-order valence-electron chi connectivity index (χ0n) is 12.3. The predicted molar refractivity (Wildman–Crippen MR) is 88.8 cm³/mol. The van der Waals surface area contributed by atoms with Crippen LogP contribution in [0.25, 0.3) is 10.9 Å². The molecule has 0 spiro atoms. The van der Waals surface area contributed by atoms with Crippen LogP contribution >= 0.6 is 11.6 Å². The molecule has 2 aromatic rings. The normalized spacial score (nSPS) is 18.0. The average Bonchev–Trinajstić information content (AvgIpc) is 2.73. The van der Waals surface area contributed by atoms with E-state index in [2.05, 4.69) is 39.0 Å². The minimum absolute atomic E-state index is 0.734. The van der Waals surface area contributed by atoms with Gasteiger partial charge in [-0.25, -0.2) is 0 Å². The Morgan fingerprint density at radius 3 is 2.81 bits per heavy atom. The first-order valence-corrected chi connectivity index (χ1v) is 8.23. The van der Waals surface area contributed by atoms with Crippen LogP contribution in [0.1, 0.15) is 12.0 Å². The molecule has 2 heterocycles. The van der Waals surface area contributed by atoms with E-state index in [0.717, 1.165) is 37.6 Å². The van der Waals surface area contributed by atoms with Gasteiger partial charge in [0.1, 0.15) is 0 Å². The minimum atomic E-state index is 0.734. The second-order valence-electron chi connectivity index (χ2n) is 5.69. The first-order valence-electron chi connectivity index (χ1n) is 7.69. The van der Waals surface area contributed by atoms with E-state index in [0.29, 0.717) is 0 Å². The number of fused-ring (bicyclic) bond motifs is 1. The number of aromatic nitrogens is 1. The van der Waals surface area contributed by atoms with Crippen LogP contribution in [0.2, 0.25) is 0 Å². The van der Waals surface area contributed by atoms with Crippen molar-refractivity contribution in [3.63, 3.8) is 0 Å². The maximum atomic E-state index is 5.85. The third-order valence-electron chi connectivity index (χ3n) is 4.16. The summed E-state index contributed by atoms with van der Waals surface area (Å²) in [5.41, 5.74) is 2.45. The smallest absolute Gasteiger partial charge is 0.0702 e. The fourth-order valence-electron chi connectivity index (χ4n) is 3.01. The van der Waals surface area contributed by atoms with Gasteiger partial charge in [-0.2, -0.15) is 0 Å². The first kappa shape index (κ1) is 14.8. The van der Waals surface area contributed by atoms with Gasteiger partial charge >= 0.3 is 0 Å². The molecule has 3 rings (SSSR count). The summed E-state index contributed by atoms with van der Waals surface area (Å²) in [6, 6.07) is 10.7. The van der Waals surface area contributed by atoms with Gasteiger partial charge in [0.2, 0.25) is 0 Å². The average molecular weight is 304 g/mol. The van der Waals surface area contributed by atoms with Gasteiger partial charge in [-0.1, -0.05) is 12.1 Å². The van der Waals surface area contributed by atoms with E-state index in [1.165, 1.54) is 30.5 Å². The van der Waals surface area contributed by atoms with Gasteiger partial charge in [0.15, 0.2) is 0 Å². The molecule has 0 saturated carbocycles. The summed E-state index contributed by atoms with van der Waals surface area (Å²) in [6.45, 7) is 6.63. The van der Waals surface area contributed by atoms with Crippen molar-refractivity contribution in [3.8, 4) is 0 Å². The molecule has 1 fully saturated rings. The quantitative estimate of drug-likeness (QED) is 0.810. The fraction of sp³-hybridized carbons (Fsp3) is 0.471. The molecule has 1 aliphatic heterocycles. The molecule has 0 N–H and O–H groups in total. The van der Waals surface area contributed by atoms with Crippen LogP contribution in [-0.4, -0.2) is 53.4 Å². The van der Waals surface area contributed by atoms with Gasteiger partial charge < -0.3 is 4.90 Å². The van der Waals surface area contributed by atoms with Crippen molar-refractivity contribution in [2.24, 2.45) is 0 Å². The number of hydrogen-bond donors (Lipinski definition) is 0. The van der Waals surface area contributed by atoms with Gasteiger partial charge in [0.05, 0.1) is 5.52 Å². The molecule has 1 aromatic heterocycles. The fourth-order valence-corrected chi connectivity index (χ4v) is 3.25. The molecule has 0 atom stereocenters. The van der Waals surface area contributed by atoms with Gasteiger partial charge in [0.25, 0.3) is 0 Å². The molecule has 1 aromatic carbocycles. The second-order valence-corrected chi connectivity index (χ2v) is 6.07. The lowest BCUT2D eigenvalue weighted by atomic mass is 10.1. The molecule has 112 valence electrons. The van der Waals surface area contributed by atoms with Crippen molar-refractivity contribution < 1.29 is 0 Å². The Bertz CT molecular complexity index is 587. The third-order valence-corrected chi connectivity index (χ3v) is 4.32. The van der Waals surface area contributed by atoms with Gasteiger partial charge in [0, 0.05) is 43.6 Å². The highest BCUT2D eigenvalue weighted by Crippen LogP contribution is 2.15. The Labute approximate surface area is 131 Å². The summed E-state index contributed by atoms with van der Waals surface area (Å²) in [4.78, 5) is 9.40. The summed E-state index contributed by atoms with van der Waals surface area (Å²) >= 11 is 5.85. The molecule has 0 amide bonds. The molecule has 0 unspecified atom stereocenters. The van der Waals surface area contributed by atoms with Crippen molar-refractivity contribution in [2.75, 3.05) is 38.6 Å². The summed E-state index contributed by atoms with van der Waals surface area (Å²) < 4.78 is 0. The van der Waals surface area contributed by atoms with Crippen LogP contribution in [0, 0.1) is 0 Å². The van der Waals surface area contributed by atoms with E-state index in [4.69, 9.17) is 11.6 Å². The summed E-state index contributed by atoms with van der Waals surface area (Å²) in [5.74, 6) is 0.734. The van der Waals surface area contributed by atoms with Crippen LogP contribution in [0.4, 0.5) is 0 Å². The van der Waals surface area contributed by atoms with Gasteiger partial charge in [-0.3, -0.25) is 9.88 Å². The number of hydrogen-bond acceptors (Lipinski definition) is 3. The molecule has 0 radical (unpaired) electrons. The van der Waals surface area contributed by atoms with Crippen LogP contribution in [0.3, 0.4) is 0 Å². The van der Waals surface area contributed by atoms with Crippen molar-refractivity contribution in [1.29, 1.82) is 0 Å². The summed E-state index contributed by atoms with van der Waals surface area (Å²) in [6.07, 6.45) is 3.08. The maximum absolute atomic E-state index is 5.85. The zero-order valence-corrected chi connectivity index (χ0v) is 13.1. The molecular weight excluding hydrogens is 282 g/mol. The van der Waals surface area contributed by atoms with Crippen LogP contribution < -0.4 is 0 Å².